The highest BCUT2D eigenvalue weighted by atomic mass is 16.3. The minimum absolute atomic E-state index is 0.0604. The monoisotopic (exact) mass is 465 g/mol. The lowest BCUT2D eigenvalue weighted by Gasteiger charge is -2.13. The molecular formula is C27H23N5O3. The van der Waals surface area contributed by atoms with Gasteiger partial charge in [-0.3, -0.25) is 14.6 Å². The van der Waals surface area contributed by atoms with Gasteiger partial charge in [0.15, 0.2) is 0 Å². The van der Waals surface area contributed by atoms with Crippen LogP contribution in [0, 0.1) is 18.8 Å². The molecule has 0 saturated carbocycles. The standard InChI is InChI=1S/C21H16N4O3.C6H7N/c1-11(6-9-17(22)27)19-18(21(24)28)15-10-12(7-8-14(15)20(23)25-19)13-4-2-3-5-16(13)26;1-6-4-2-3-5-7-6/h2-5,7-8,10,26H,1H2,(H2,22,27)(H2,23,25)(H2,24,28);2-5H,1H3. The Hall–Kier alpha value is -5.16. The lowest BCUT2D eigenvalue weighted by Crippen LogP contribution is -2.16. The van der Waals surface area contributed by atoms with E-state index in [0.29, 0.717) is 21.9 Å². The van der Waals surface area contributed by atoms with Crippen molar-refractivity contribution in [2.24, 2.45) is 11.5 Å². The minimum atomic E-state index is -0.850. The van der Waals surface area contributed by atoms with Gasteiger partial charge in [0, 0.05) is 39.7 Å². The van der Waals surface area contributed by atoms with Gasteiger partial charge in [-0.1, -0.05) is 48.9 Å². The molecule has 8 heteroatoms. The number of hydrogen-bond donors (Lipinski definition) is 4. The molecule has 2 aromatic carbocycles. The maximum absolute atomic E-state index is 12.2. The summed E-state index contributed by atoms with van der Waals surface area (Å²) >= 11 is 0. The lowest BCUT2D eigenvalue weighted by molar-refractivity contribution is -0.112. The number of amides is 2. The predicted octanol–water partition coefficient (Wildman–Crippen LogP) is 3.18. The van der Waals surface area contributed by atoms with Crippen molar-refractivity contribution in [3.05, 3.63) is 90.4 Å². The first-order chi connectivity index (χ1) is 16.7. The molecule has 0 aliphatic heterocycles. The molecule has 2 aromatic heterocycles. The van der Waals surface area contributed by atoms with E-state index in [2.05, 4.69) is 28.4 Å². The van der Waals surface area contributed by atoms with Gasteiger partial charge >= 0.3 is 0 Å². The van der Waals surface area contributed by atoms with Gasteiger partial charge in [0.1, 0.15) is 11.6 Å². The first kappa shape index (κ1) is 24.5. The lowest BCUT2D eigenvalue weighted by atomic mass is 9.95. The summed E-state index contributed by atoms with van der Waals surface area (Å²) in [5.74, 6) is 3.22. The highest BCUT2D eigenvalue weighted by Crippen LogP contribution is 2.35. The molecule has 0 fully saturated rings. The van der Waals surface area contributed by atoms with Crippen LogP contribution in [0.5, 0.6) is 5.75 Å². The highest BCUT2D eigenvalue weighted by molar-refractivity contribution is 6.13. The smallest absolute Gasteiger partial charge is 0.293 e. The predicted molar refractivity (Wildman–Crippen MR) is 137 cm³/mol. The second-order valence-corrected chi connectivity index (χ2v) is 7.43. The topological polar surface area (TPSA) is 158 Å². The van der Waals surface area contributed by atoms with Crippen molar-refractivity contribution in [3.8, 4) is 28.7 Å². The minimum Gasteiger partial charge on any atom is -0.507 e. The van der Waals surface area contributed by atoms with E-state index in [0.717, 1.165) is 5.69 Å². The van der Waals surface area contributed by atoms with Crippen molar-refractivity contribution in [2.75, 3.05) is 5.73 Å². The summed E-state index contributed by atoms with van der Waals surface area (Å²) in [7, 11) is 0. The number of phenolic OH excluding ortho intramolecular Hbond substituents is 1. The summed E-state index contributed by atoms with van der Waals surface area (Å²) in [6, 6.07) is 17.8. The molecule has 0 radical (unpaired) electrons. The number of para-hydroxylation sites is 1. The first-order valence-corrected chi connectivity index (χ1v) is 10.4. The number of carbonyl (C=O) groups is 2. The Morgan fingerprint density at radius 3 is 2.26 bits per heavy atom. The van der Waals surface area contributed by atoms with Crippen LogP contribution in [0.15, 0.2) is 73.4 Å². The number of phenols is 1. The average molecular weight is 466 g/mol. The Balaban J connectivity index is 0.000000420. The zero-order chi connectivity index (χ0) is 25.5. The third-order valence-electron chi connectivity index (χ3n) is 4.93. The molecule has 4 rings (SSSR count). The Morgan fingerprint density at radius 2 is 1.69 bits per heavy atom. The molecular weight excluding hydrogens is 442 g/mol. The molecule has 0 bridgehead atoms. The number of pyridine rings is 2. The Bertz CT molecular complexity index is 1500. The SMILES string of the molecule is C=C(C#CC(N)=O)c1nc(N)c2ccc(-c3ccccc3O)cc2c1C(N)=O.Cc1ccccn1. The van der Waals surface area contributed by atoms with Crippen LogP contribution in [-0.4, -0.2) is 26.9 Å². The molecule has 2 amide bonds. The summed E-state index contributed by atoms with van der Waals surface area (Å²) in [4.78, 5) is 31.3. The van der Waals surface area contributed by atoms with Gasteiger partial charge in [-0.15, -0.1) is 0 Å². The molecule has 174 valence electrons. The summed E-state index contributed by atoms with van der Waals surface area (Å²) in [5.41, 5.74) is 19.2. The van der Waals surface area contributed by atoms with Crippen molar-refractivity contribution in [1.82, 2.24) is 9.97 Å². The molecule has 0 saturated heterocycles. The van der Waals surface area contributed by atoms with Gasteiger partial charge in [0.05, 0.1) is 11.3 Å². The number of nitrogen functional groups attached to an aromatic ring is 1. The van der Waals surface area contributed by atoms with Crippen LogP contribution in [0.3, 0.4) is 0 Å². The quantitative estimate of drug-likeness (QED) is 0.340. The molecule has 0 atom stereocenters. The van der Waals surface area contributed by atoms with Crippen LogP contribution >= 0.6 is 0 Å². The van der Waals surface area contributed by atoms with Crippen molar-refractivity contribution in [1.29, 1.82) is 0 Å². The van der Waals surface area contributed by atoms with E-state index in [1.165, 1.54) is 0 Å². The number of allylic oxidation sites excluding steroid dienone is 1. The number of anilines is 1. The zero-order valence-corrected chi connectivity index (χ0v) is 18.9. The second-order valence-electron chi connectivity index (χ2n) is 7.43. The van der Waals surface area contributed by atoms with Crippen LogP contribution in [0.25, 0.3) is 27.5 Å². The number of aromatic hydroxyl groups is 1. The Labute approximate surface area is 202 Å². The maximum Gasteiger partial charge on any atom is 0.293 e. The van der Waals surface area contributed by atoms with E-state index < -0.39 is 11.8 Å². The van der Waals surface area contributed by atoms with Crippen molar-refractivity contribution in [3.63, 3.8) is 0 Å². The molecule has 0 aliphatic carbocycles. The normalized spacial score (nSPS) is 9.86. The summed E-state index contributed by atoms with van der Waals surface area (Å²) in [6.45, 7) is 5.71. The number of nitrogens with two attached hydrogens (primary N) is 3. The molecule has 4 aromatic rings. The Morgan fingerprint density at radius 1 is 0.971 bits per heavy atom. The van der Waals surface area contributed by atoms with Gasteiger partial charge in [0.2, 0.25) is 0 Å². The first-order valence-electron chi connectivity index (χ1n) is 10.4. The third kappa shape index (κ3) is 5.80. The zero-order valence-electron chi connectivity index (χ0n) is 18.9. The molecule has 0 aliphatic rings. The van der Waals surface area contributed by atoms with Gasteiger partial charge < -0.3 is 22.3 Å². The van der Waals surface area contributed by atoms with E-state index in [1.54, 1.807) is 48.7 Å². The van der Waals surface area contributed by atoms with Gasteiger partial charge in [-0.05, 0) is 36.8 Å². The van der Waals surface area contributed by atoms with Crippen LogP contribution in [-0.2, 0) is 4.79 Å². The number of rotatable bonds is 3. The molecule has 0 unspecified atom stereocenters. The van der Waals surface area contributed by atoms with Crippen LogP contribution in [0.4, 0.5) is 5.82 Å². The maximum atomic E-state index is 12.2. The second kappa shape index (κ2) is 10.6. The van der Waals surface area contributed by atoms with E-state index >= 15 is 0 Å². The fourth-order valence-corrected chi connectivity index (χ4v) is 3.34. The van der Waals surface area contributed by atoms with Crippen LogP contribution in [0.2, 0.25) is 0 Å². The molecule has 35 heavy (non-hydrogen) atoms. The number of carbonyl (C=O) groups excluding carboxylic acids is 2. The van der Waals surface area contributed by atoms with Gasteiger partial charge in [-0.2, -0.15) is 0 Å². The van der Waals surface area contributed by atoms with E-state index in [4.69, 9.17) is 17.2 Å². The van der Waals surface area contributed by atoms with E-state index in [1.807, 2.05) is 25.1 Å². The number of fused-ring (bicyclic) bond motifs is 1. The number of aromatic nitrogens is 2. The summed E-state index contributed by atoms with van der Waals surface area (Å²) in [5, 5.41) is 11.1. The van der Waals surface area contributed by atoms with Crippen molar-refractivity contribution in [2.45, 2.75) is 6.92 Å². The molecule has 0 spiro atoms. The Kier molecular flexibility index (Phi) is 7.44. The van der Waals surface area contributed by atoms with E-state index in [-0.39, 0.29) is 28.4 Å². The number of hydrogen-bond acceptors (Lipinski definition) is 6. The van der Waals surface area contributed by atoms with Gasteiger partial charge in [0.25, 0.3) is 11.8 Å². The fraction of sp³-hybridized carbons (Fsp3) is 0.0370. The molecule has 8 nitrogen and oxygen atoms in total. The summed E-state index contributed by atoms with van der Waals surface area (Å²) in [6.07, 6.45) is 1.79. The fourth-order valence-electron chi connectivity index (χ4n) is 3.34. The third-order valence-corrected chi connectivity index (χ3v) is 4.93. The van der Waals surface area contributed by atoms with E-state index in [9.17, 15) is 14.7 Å². The van der Waals surface area contributed by atoms with Gasteiger partial charge in [-0.25, -0.2) is 4.98 Å². The molecule has 2 heterocycles. The number of aryl methyl sites for hydroxylation is 1. The molecule has 7 N–H and O–H groups in total. The van der Waals surface area contributed by atoms with Crippen molar-refractivity contribution < 1.29 is 14.7 Å². The van der Waals surface area contributed by atoms with Crippen LogP contribution in [0.1, 0.15) is 21.7 Å². The summed E-state index contributed by atoms with van der Waals surface area (Å²) < 4.78 is 0. The van der Waals surface area contributed by atoms with Crippen molar-refractivity contribution >= 4 is 34.0 Å². The largest absolute Gasteiger partial charge is 0.507 e. The number of benzene rings is 2. The number of primary amides is 2. The number of nitrogens with zero attached hydrogens (tertiary/aromatic N) is 2. The highest BCUT2D eigenvalue weighted by Gasteiger charge is 2.19. The van der Waals surface area contributed by atoms with Crippen LogP contribution < -0.4 is 17.2 Å². The average Bonchev–Trinajstić information content (AvgIpc) is 2.83.